The smallest absolute Gasteiger partial charge is 0.106 e. The summed E-state index contributed by atoms with van der Waals surface area (Å²) in [5.74, 6) is 1.08. The van der Waals surface area contributed by atoms with E-state index in [1.54, 1.807) is 0 Å². The molecule has 3 heteroatoms. The first-order valence-electron chi connectivity index (χ1n) is 5.92. The van der Waals surface area contributed by atoms with Gasteiger partial charge in [0.2, 0.25) is 0 Å². The lowest BCUT2D eigenvalue weighted by molar-refractivity contribution is 0.648. The van der Waals surface area contributed by atoms with Gasteiger partial charge in [-0.25, -0.2) is 4.98 Å². The van der Waals surface area contributed by atoms with E-state index in [1.165, 1.54) is 23.9 Å². The van der Waals surface area contributed by atoms with Crippen LogP contribution in [0.3, 0.4) is 0 Å². The van der Waals surface area contributed by atoms with Crippen molar-refractivity contribution in [3.05, 3.63) is 29.6 Å². The third-order valence-corrected chi connectivity index (χ3v) is 3.59. The van der Waals surface area contributed by atoms with E-state index < -0.39 is 0 Å². The van der Waals surface area contributed by atoms with Crippen molar-refractivity contribution in [3.8, 4) is 0 Å². The molecule has 1 atom stereocenters. The highest BCUT2D eigenvalue weighted by Gasteiger charge is 2.17. The largest absolute Gasteiger partial charge is 0.331 e. The van der Waals surface area contributed by atoms with Gasteiger partial charge in [-0.3, -0.25) is 0 Å². The monoisotopic (exact) mass is 215 g/mol. The number of nitrogens with zero attached hydrogens (tertiary/aromatic N) is 2. The SMILES string of the molecule is Cc1nc2cc(C3CCCN3)ccc2n1C. The molecule has 0 saturated carbocycles. The first kappa shape index (κ1) is 9.85. The highest BCUT2D eigenvalue weighted by molar-refractivity contribution is 5.76. The van der Waals surface area contributed by atoms with Gasteiger partial charge in [0.1, 0.15) is 5.82 Å². The van der Waals surface area contributed by atoms with Crippen LogP contribution < -0.4 is 5.32 Å². The lowest BCUT2D eigenvalue weighted by atomic mass is 10.0. The number of hydrogen-bond donors (Lipinski definition) is 1. The maximum absolute atomic E-state index is 4.58. The molecule has 0 aliphatic carbocycles. The summed E-state index contributed by atoms with van der Waals surface area (Å²) in [6.45, 7) is 3.19. The molecule has 2 aromatic rings. The average Bonchev–Trinajstić information content (AvgIpc) is 2.88. The Balaban J connectivity index is 2.08. The van der Waals surface area contributed by atoms with E-state index in [0.717, 1.165) is 17.9 Å². The molecule has 1 fully saturated rings. The summed E-state index contributed by atoms with van der Waals surface area (Å²) in [5, 5.41) is 3.52. The molecule has 0 radical (unpaired) electrons. The van der Waals surface area contributed by atoms with Crippen LogP contribution in [0.2, 0.25) is 0 Å². The second-order valence-corrected chi connectivity index (χ2v) is 4.62. The summed E-state index contributed by atoms with van der Waals surface area (Å²) in [7, 11) is 2.07. The lowest BCUT2D eigenvalue weighted by Crippen LogP contribution is -2.12. The summed E-state index contributed by atoms with van der Waals surface area (Å²) in [6.07, 6.45) is 2.53. The van der Waals surface area contributed by atoms with Gasteiger partial charge in [-0.2, -0.15) is 0 Å². The van der Waals surface area contributed by atoms with Crippen LogP contribution in [0.25, 0.3) is 11.0 Å². The first-order valence-corrected chi connectivity index (χ1v) is 5.92. The first-order chi connectivity index (χ1) is 7.75. The standard InChI is InChI=1S/C13H17N3/c1-9-15-12-8-10(11-4-3-7-14-11)5-6-13(12)16(9)2/h5-6,8,11,14H,3-4,7H2,1-2H3. The van der Waals surface area contributed by atoms with Crippen LogP contribution in [0.1, 0.15) is 30.3 Å². The molecule has 1 N–H and O–H groups in total. The molecule has 1 saturated heterocycles. The van der Waals surface area contributed by atoms with Crippen LogP contribution in [-0.2, 0) is 7.05 Å². The van der Waals surface area contributed by atoms with E-state index in [0.29, 0.717) is 6.04 Å². The van der Waals surface area contributed by atoms with Gasteiger partial charge in [0.05, 0.1) is 11.0 Å². The molecule has 0 bridgehead atoms. The summed E-state index contributed by atoms with van der Waals surface area (Å²) in [5.41, 5.74) is 3.72. The molecule has 1 unspecified atom stereocenters. The molecule has 84 valence electrons. The number of rotatable bonds is 1. The van der Waals surface area contributed by atoms with Crippen LogP contribution in [0.4, 0.5) is 0 Å². The number of aryl methyl sites for hydroxylation is 2. The maximum Gasteiger partial charge on any atom is 0.106 e. The van der Waals surface area contributed by atoms with Gasteiger partial charge in [0, 0.05) is 13.1 Å². The second-order valence-electron chi connectivity index (χ2n) is 4.62. The molecule has 3 nitrogen and oxygen atoms in total. The van der Waals surface area contributed by atoms with Crippen molar-refractivity contribution in [3.63, 3.8) is 0 Å². The highest BCUT2D eigenvalue weighted by Crippen LogP contribution is 2.26. The summed E-state index contributed by atoms with van der Waals surface area (Å²) in [6, 6.07) is 7.18. The number of hydrogen-bond acceptors (Lipinski definition) is 2. The molecule has 1 aliphatic rings. The van der Waals surface area contributed by atoms with E-state index in [9.17, 15) is 0 Å². The molecule has 0 spiro atoms. The van der Waals surface area contributed by atoms with Crippen LogP contribution >= 0.6 is 0 Å². The van der Waals surface area contributed by atoms with E-state index in [4.69, 9.17) is 0 Å². The Morgan fingerprint density at radius 1 is 1.44 bits per heavy atom. The quantitative estimate of drug-likeness (QED) is 0.791. The minimum absolute atomic E-state index is 0.534. The number of fused-ring (bicyclic) bond motifs is 1. The van der Waals surface area contributed by atoms with Crippen molar-refractivity contribution < 1.29 is 0 Å². The number of aromatic nitrogens is 2. The topological polar surface area (TPSA) is 29.9 Å². The Hall–Kier alpha value is -1.35. The third-order valence-electron chi connectivity index (χ3n) is 3.59. The van der Waals surface area contributed by atoms with Crippen LogP contribution in [0.5, 0.6) is 0 Å². The molecule has 1 aromatic carbocycles. The van der Waals surface area contributed by atoms with Gasteiger partial charge in [-0.1, -0.05) is 6.07 Å². The fourth-order valence-corrected chi connectivity index (χ4v) is 2.52. The zero-order valence-electron chi connectivity index (χ0n) is 9.83. The summed E-state index contributed by atoms with van der Waals surface area (Å²) in [4.78, 5) is 4.58. The van der Waals surface area contributed by atoms with E-state index in [1.807, 2.05) is 6.92 Å². The predicted octanol–water partition coefficient (Wildman–Crippen LogP) is 2.31. The number of imidazole rings is 1. The zero-order chi connectivity index (χ0) is 11.1. The Morgan fingerprint density at radius 3 is 3.06 bits per heavy atom. The van der Waals surface area contributed by atoms with Crippen LogP contribution in [0, 0.1) is 6.92 Å². The summed E-state index contributed by atoms with van der Waals surface area (Å²) < 4.78 is 2.14. The van der Waals surface area contributed by atoms with Gasteiger partial charge in [0.15, 0.2) is 0 Å². The van der Waals surface area contributed by atoms with Crippen molar-refractivity contribution in [1.29, 1.82) is 0 Å². The zero-order valence-corrected chi connectivity index (χ0v) is 9.83. The maximum atomic E-state index is 4.58. The molecule has 0 amide bonds. The molecule has 2 heterocycles. The average molecular weight is 215 g/mol. The fourth-order valence-electron chi connectivity index (χ4n) is 2.52. The molecule has 16 heavy (non-hydrogen) atoms. The fraction of sp³-hybridized carbons (Fsp3) is 0.462. The van der Waals surface area contributed by atoms with E-state index in [-0.39, 0.29) is 0 Å². The van der Waals surface area contributed by atoms with Crippen molar-refractivity contribution in [2.24, 2.45) is 7.05 Å². The Kier molecular flexibility index (Phi) is 2.21. The van der Waals surface area contributed by atoms with Crippen LogP contribution in [-0.4, -0.2) is 16.1 Å². The van der Waals surface area contributed by atoms with Crippen molar-refractivity contribution >= 4 is 11.0 Å². The van der Waals surface area contributed by atoms with Gasteiger partial charge >= 0.3 is 0 Å². The van der Waals surface area contributed by atoms with Gasteiger partial charge in [0.25, 0.3) is 0 Å². The minimum Gasteiger partial charge on any atom is -0.331 e. The molecule has 1 aromatic heterocycles. The predicted molar refractivity (Wildman–Crippen MR) is 65.4 cm³/mol. The van der Waals surface area contributed by atoms with Gasteiger partial charge in [-0.15, -0.1) is 0 Å². The Bertz CT molecular complexity index is 521. The molecular formula is C13H17N3. The highest BCUT2D eigenvalue weighted by atomic mass is 15.0. The van der Waals surface area contributed by atoms with E-state index in [2.05, 4.69) is 40.1 Å². The minimum atomic E-state index is 0.534. The third kappa shape index (κ3) is 1.43. The molecular weight excluding hydrogens is 198 g/mol. The number of benzene rings is 1. The Morgan fingerprint density at radius 2 is 2.31 bits per heavy atom. The van der Waals surface area contributed by atoms with Crippen LogP contribution in [0.15, 0.2) is 18.2 Å². The second kappa shape index (κ2) is 3.59. The Labute approximate surface area is 95.5 Å². The molecule has 3 rings (SSSR count). The number of nitrogens with one attached hydrogen (secondary N) is 1. The summed E-state index contributed by atoms with van der Waals surface area (Å²) >= 11 is 0. The van der Waals surface area contributed by atoms with Gasteiger partial charge in [-0.05, 0) is 44.0 Å². The normalized spacial score (nSPS) is 20.8. The van der Waals surface area contributed by atoms with Crippen molar-refractivity contribution in [2.45, 2.75) is 25.8 Å². The van der Waals surface area contributed by atoms with Crippen molar-refractivity contribution in [2.75, 3.05) is 6.54 Å². The molecule has 1 aliphatic heterocycles. The van der Waals surface area contributed by atoms with E-state index >= 15 is 0 Å². The lowest BCUT2D eigenvalue weighted by Gasteiger charge is -2.10. The van der Waals surface area contributed by atoms with Crippen molar-refractivity contribution in [1.82, 2.24) is 14.9 Å². The van der Waals surface area contributed by atoms with Gasteiger partial charge < -0.3 is 9.88 Å².